The van der Waals surface area contributed by atoms with Gasteiger partial charge in [-0.15, -0.1) is 11.3 Å². The minimum Gasteiger partial charge on any atom is -0.287 e. The fourth-order valence-corrected chi connectivity index (χ4v) is 2.51. The molecule has 0 spiro atoms. The van der Waals surface area contributed by atoms with Gasteiger partial charge in [-0.05, 0) is 6.07 Å². The van der Waals surface area contributed by atoms with Crippen LogP contribution in [0.3, 0.4) is 0 Å². The highest BCUT2D eigenvalue weighted by molar-refractivity contribution is 7.20. The van der Waals surface area contributed by atoms with E-state index in [0.29, 0.717) is 14.2 Å². The Labute approximate surface area is 99.7 Å². The van der Waals surface area contributed by atoms with Crippen LogP contribution in [0.1, 0.15) is 16.1 Å². The van der Waals surface area contributed by atoms with Crippen LogP contribution in [0.25, 0.3) is 0 Å². The predicted molar refractivity (Wildman–Crippen MR) is 59.8 cm³/mol. The molecule has 0 aliphatic heterocycles. The summed E-state index contributed by atoms with van der Waals surface area (Å²) in [5.74, 6) is -0.267. The molecule has 15 heavy (non-hydrogen) atoms. The topological polar surface area (TPSA) is 42.9 Å². The molecule has 0 bridgehead atoms. The van der Waals surface area contributed by atoms with Crippen molar-refractivity contribution in [3.05, 3.63) is 44.6 Å². The van der Waals surface area contributed by atoms with E-state index in [2.05, 4.69) is 9.97 Å². The normalized spacial score (nSPS) is 10.3. The van der Waals surface area contributed by atoms with Gasteiger partial charge < -0.3 is 0 Å². The smallest absolute Gasteiger partial charge is 0.215 e. The molecule has 0 N–H and O–H groups in total. The van der Waals surface area contributed by atoms with Gasteiger partial charge in [-0.2, -0.15) is 0 Å². The lowest BCUT2D eigenvalue weighted by Gasteiger charge is -1.96. The molecule has 6 heteroatoms. The lowest BCUT2D eigenvalue weighted by atomic mass is 10.2. The number of thiophene rings is 1. The molecule has 0 aromatic carbocycles. The van der Waals surface area contributed by atoms with Crippen LogP contribution in [0.2, 0.25) is 8.67 Å². The second-order valence-corrected chi connectivity index (χ2v) is 4.94. The van der Waals surface area contributed by atoms with Crippen LogP contribution >= 0.6 is 34.5 Å². The molecule has 76 valence electrons. The zero-order valence-electron chi connectivity index (χ0n) is 7.28. The third-order valence-electron chi connectivity index (χ3n) is 1.70. The van der Waals surface area contributed by atoms with Crippen molar-refractivity contribution >= 4 is 40.3 Å². The van der Waals surface area contributed by atoms with Gasteiger partial charge in [-0.25, -0.2) is 4.98 Å². The average Bonchev–Trinajstić information content (AvgIpc) is 2.58. The number of hydrogen-bond acceptors (Lipinski definition) is 4. The van der Waals surface area contributed by atoms with Gasteiger partial charge in [0.1, 0.15) is 10.0 Å². The quantitative estimate of drug-likeness (QED) is 0.778. The molecule has 0 atom stereocenters. The minimum absolute atomic E-state index is 0.258. The van der Waals surface area contributed by atoms with Gasteiger partial charge in [0.25, 0.3) is 0 Å². The Morgan fingerprint density at radius 3 is 2.67 bits per heavy atom. The van der Waals surface area contributed by atoms with Crippen LogP contribution in [-0.2, 0) is 0 Å². The number of carbonyl (C=O) groups excluding carboxylic acids is 1. The number of rotatable bonds is 2. The van der Waals surface area contributed by atoms with Crippen molar-refractivity contribution in [3.63, 3.8) is 0 Å². The highest BCUT2D eigenvalue weighted by Gasteiger charge is 2.16. The number of aromatic nitrogens is 2. The minimum atomic E-state index is -0.267. The molecule has 0 aliphatic rings. The highest BCUT2D eigenvalue weighted by atomic mass is 35.5. The SMILES string of the molecule is O=C(c1cnccn1)c1cc(Cl)sc1Cl. The maximum atomic E-state index is 11.8. The molecule has 0 saturated carbocycles. The summed E-state index contributed by atoms with van der Waals surface area (Å²) in [5.41, 5.74) is 0.626. The van der Waals surface area contributed by atoms with Crippen molar-refractivity contribution in [2.24, 2.45) is 0 Å². The summed E-state index contributed by atoms with van der Waals surface area (Å²) in [6.07, 6.45) is 4.35. The van der Waals surface area contributed by atoms with Gasteiger partial charge in [0.05, 0.1) is 16.1 Å². The first-order valence-electron chi connectivity index (χ1n) is 3.94. The second kappa shape index (κ2) is 4.26. The van der Waals surface area contributed by atoms with E-state index >= 15 is 0 Å². The van der Waals surface area contributed by atoms with E-state index in [4.69, 9.17) is 23.2 Å². The summed E-state index contributed by atoms with van der Waals surface area (Å²) in [7, 11) is 0. The fourth-order valence-electron chi connectivity index (χ4n) is 1.05. The van der Waals surface area contributed by atoms with E-state index < -0.39 is 0 Å². The van der Waals surface area contributed by atoms with Crippen LogP contribution in [0.15, 0.2) is 24.7 Å². The summed E-state index contributed by atoms with van der Waals surface area (Å²) in [6, 6.07) is 1.53. The molecular formula is C9H4Cl2N2OS. The van der Waals surface area contributed by atoms with Crippen molar-refractivity contribution in [2.45, 2.75) is 0 Å². The van der Waals surface area contributed by atoms with Gasteiger partial charge in [-0.1, -0.05) is 23.2 Å². The Morgan fingerprint density at radius 1 is 1.33 bits per heavy atom. The van der Waals surface area contributed by atoms with Crippen LogP contribution in [0, 0.1) is 0 Å². The van der Waals surface area contributed by atoms with Crippen LogP contribution in [0.5, 0.6) is 0 Å². The number of ketones is 1. The van der Waals surface area contributed by atoms with Gasteiger partial charge >= 0.3 is 0 Å². The predicted octanol–water partition coefficient (Wildman–Crippen LogP) is 3.08. The van der Waals surface area contributed by atoms with Gasteiger partial charge in [0.2, 0.25) is 5.78 Å². The molecule has 0 amide bonds. The van der Waals surface area contributed by atoms with E-state index in [1.807, 2.05) is 0 Å². The summed E-state index contributed by atoms with van der Waals surface area (Å²) < 4.78 is 0.850. The monoisotopic (exact) mass is 258 g/mol. The molecule has 2 rings (SSSR count). The molecule has 3 nitrogen and oxygen atoms in total. The maximum Gasteiger partial charge on any atom is 0.215 e. The summed E-state index contributed by atoms with van der Waals surface area (Å²) in [6.45, 7) is 0. The maximum absolute atomic E-state index is 11.8. The van der Waals surface area contributed by atoms with Crippen molar-refractivity contribution in [1.82, 2.24) is 9.97 Å². The molecule has 0 aliphatic carbocycles. The van der Waals surface area contributed by atoms with Gasteiger partial charge in [0.15, 0.2) is 0 Å². The van der Waals surface area contributed by atoms with E-state index in [9.17, 15) is 4.79 Å². The number of hydrogen-bond donors (Lipinski definition) is 0. The average molecular weight is 259 g/mol. The fraction of sp³-hybridized carbons (Fsp3) is 0. The standard InChI is InChI=1S/C9H4Cl2N2OS/c10-7-3-5(9(11)15-7)8(14)6-4-12-1-2-13-6/h1-4H. The number of halogens is 2. The molecule has 0 unspecified atom stereocenters. The van der Waals surface area contributed by atoms with E-state index in [0.717, 1.165) is 11.3 Å². The first-order chi connectivity index (χ1) is 7.18. The third-order valence-corrected chi connectivity index (χ3v) is 3.18. The first kappa shape index (κ1) is 10.5. The third kappa shape index (κ3) is 2.17. The van der Waals surface area contributed by atoms with E-state index in [1.54, 1.807) is 0 Å². The van der Waals surface area contributed by atoms with Crippen LogP contribution in [0.4, 0.5) is 0 Å². The molecule has 0 radical (unpaired) electrons. The zero-order chi connectivity index (χ0) is 10.8. The van der Waals surface area contributed by atoms with Crippen molar-refractivity contribution in [2.75, 3.05) is 0 Å². The van der Waals surface area contributed by atoms with E-state index in [1.165, 1.54) is 24.7 Å². The Morgan fingerprint density at radius 2 is 2.13 bits per heavy atom. The highest BCUT2D eigenvalue weighted by Crippen LogP contribution is 2.32. The summed E-state index contributed by atoms with van der Waals surface area (Å²) >= 11 is 12.8. The molecular weight excluding hydrogens is 255 g/mol. The molecule has 2 aromatic heterocycles. The van der Waals surface area contributed by atoms with Crippen molar-refractivity contribution in [3.8, 4) is 0 Å². The summed E-state index contributed by atoms with van der Waals surface area (Å²) in [4.78, 5) is 19.5. The second-order valence-electron chi connectivity index (χ2n) is 2.66. The van der Waals surface area contributed by atoms with E-state index in [-0.39, 0.29) is 11.5 Å². The largest absolute Gasteiger partial charge is 0.287 e. The molecule has 2 aromatic rings. The Balaban J connectivity index is 2.41. The first-order valence-corrected chi connectivity index (χ1v) is 5.51. The molecule has 0 fully saturated rings. The lowest BCUT2D eigenvalue weighted by molar-refractivity contribution is 0.103. The number of carbonyl (C=O) groups is 1. The zero-order valence-corrected chi connectivity index (χ0v) is 9.60. The van der Waals surface area contributed by atoms with Crippen molar-refractivity contribution in [1.29, 1.82) is 0 Å². The Bertz CT molecular complexity index is 498. The lowest BCUT2D eigenvalue weighted by Crippen LogP contribution is -2.03. The van der Waals surface area contributed by atoms with Crippen molar-refractivity contribution < 1.29 is 4.79 Å². The Hall–Kier alpha value is -0.970. The molecule has 2 heterocycles. The number of nitrogens with zero attached hydrogens (tertiary/aromatic N) is 2. The van der Waals surface area contributed by atoms with Crippen LogP contribution < -0.4 is 0 Å². The molecule has 0 saturated heterocycles. The summed E-state index contributed by atoms with van der Waals surface area (Å²) in [5, 5.41) is 0. The Kier molecular flexibility index (Phi) is 3.00. The van der Waals surface area contributed by atoms with Gasteiger partial charge in [0, 0.05) is 12.4 Å². The van der Waals surface area contributed by atoms with Crippen LogP contribution in [-0.4, -0.2) is 15.8 Å². The van der Waals surface area contributed by atoms with Gasteiger partial charge in [-0.3, -0.25) is 9.78 Å².